The maximum atomic E-state index is 12.7. The number of hydrazine groups is 2. The topological polar surface area (TPSA) is 119 Å². The summed E-state index contributed by atoms with van der Waals surface area (Å²) in [5, 5.41) is 0. The Kier molecular flexibility index (Phi) is 6.00. The minimum absolute atomic E-state index is 0.158. The Balaban J connectivity index is 2.23. The van der Waals surface area contributed by atoms with Gasteiger partial charge < -0.3 is 4.74 Å². The second kappa shape index (κ2) is 8.62. The molecule has 7 nitrogen and oxygen atoms in total. The van der Waals surface area contributed by atoms with Gasteiger partial charge in [-0.15, -0.1) is 0 Å². The number of carbonyl (C=O) groups is 2. The largest absolute Gasteiger partial charge is 0.352 e. The van der Waals surface area contributed by atoms with E-state index >= 15 is 0 Å². The average molecular weight is 378 g/mol. The Labute approximate surface area is 163 Å². The Morgan fingerprint density at radius 1 is 0.857 bits per heavy atom. The predicted octanol–water partition coefficient (Wildman–Crippen LogP) is 1.29. The van der Waals surface area contributed by atoms with Crippen LogP contribution in [0.25, 0.3) is 12.2 Å². The lowest BCUT2D eigenvalue weighted by atomic mass is 9.80. The van der Waals surface area contributed by atoms with Crippen molar-refractivity contribution in [2.24, 2.45) is 11.7 Å². The first kappa shape index (κ1) is 19.5. The Bertz CT molecular complexity index is 892. The van der Waals surface area contributed by atoms with Crippen LogP contribution < -0.4 is 22.5 Å². The molecule has 0 radical (unpaired) electrons. The molecule has 144 valence electrons. The first-order valence-electron chi connectivity index (χ1n) is 8.81. The number of nitrogens with two attached hydrogens (primary N) is 2. The Morgan fingerprint density at radius 3 is 1.86 bits per heavy atom. The van der Waals surface area contributed by atoms with Gasteiger partial charge in [0.25, 0.3) is 17.4 Å². The summed E-state index contributed by atoms with van der Waals surface area (Å²) in [6.45, 7) is 0.158. The van der Waals surface area contributed by atoms with Crippen LogP contribution in [0.4, 0.5) is 0 Å². The average Bonchev–Trinajstić information content (AvgIpc) is 2.75. The summed E-state index contributed by atoms with van der Waals surface area (Å²) >= 11 is 0. The minimum atomic E-state index is -1.99. The van der Waals surface area contributed by atoms with E-state index in [2.05, 4.69) is 0 Å². The standard InChI is InChI=1S/C21H22N4O3/c22-24-19(26)21(20(27)25-23)18(14-16-9-5-2-6-10-16)17(11-12-28-21)13-15-7-3-1-4-8-15/h1-10,13-14H,11-12,22-23H2,(H,24,26)(H,25,27). The van der Waals surface area contributed by atoms with Crippen LogP contribution in [0.15, 0.2) is 71.8 Å². The molecule has 6 N–H and O–H groups in total. The highest BCUT2D eigenvalue weighted by molar-refractivity contribution is 6.14. The van der Waals surface area contributed by atoms with E-state index in [9.17, 15) is 9.59 Å². The lowest BCUT2D eigenvalue weighted by Gasteiger charge is -2.37. The fourth-order valence-electron chi connectivity index (χ4n) is 3.25. The molecule has 0 aliphatic carbocycles. The van der Waals surface area contributed by atoms with Gasteiger partial charge in [0.1, 0.15) is 0 Å². The molecule has 1 heterocycles. The second-order valence-corrected chi connectivity index (χ2v) is 6.28. The molecule has 1 aliphatic heterocycles. The highest BCUT2D eigenvalue weighted by Gasteiger charge is 2.53. The van der Waals surface area contributed by atoms with Gasteiger partial charge in [-0.1, -0.05) is 66.7 Å². The molecular weight excluding hydrogens is 356 g/mol. The van der Waals surface area contributed by atoms with Crippen LogP contribution in [0, 0.1) is 0 Å². The lowest BCUT2D eigenvalue weighted by molar-refractivity contribution is -0.157. The molecule has 1 aliphatic rings. The number of benzene rings is 2. The number of hydrogen-bond donors (Lipinski definition) is 4. The normalized spacial score (nSPS) is 18.6. The van der Waals surface area contributed by atoms with Gasteiger partial charge in [0.05, 0.1) is 6.61 Å². The number of nitrogens with one attached hydrogen (secondary N) is 2. The molecule has 2 aromatic carbocycles. The van der Waals surface area contributed by atoms with E-state index in [0.717, 1.165) is 16.7 Å². The molecule has 1 saturated heterocycles. The molecule has 1 fully saturated rings. The van der Waals surface area contributed by atoms with Gasteiger partial charge in [0.2, 0.25) is 0 Å². The van der Waals surface area contributed by atoms with Crippen molar-refractivity contribution in [2.45, 2.75) is 12.0 Å². The molecule has 0 unspecified atom stereocenters. The summed E-state index contributed by atoms with van der Waals surface area (Å²) in [4.78, 5) is 25.5. The van der Waals surface area contributed by atoms with Gasteiger partial charge in [0.15, 0.2) is 0 Å². The zero-order chi connectivity index (χ0) is 20.0. The number of ether oxygens (including phenoxy) is 1. The zero-order valence-electron chi connectivity index (χ0n) is 15.2. The fourth-order valence-corrected chi connectivity index (χ4v) is 3.25. The highest BCUT2D eigenvalue weighted by Crippen LogP contribution is 2.38. The summed E-state index contributed by atoms with van der Waals surface area (Å²) in [6.07, 6.45) is 4.20. The van der Waals surface area contributed by atoms with Crippen molar-refractivity contribution >= 4 is 24.0 Å². The van der Waals surface area contributed by atoms with Gasteiger partial charge in [-0.2, -0.15) is 0 Å². The summed E-state index contributed by atoms with van der Waals surface area (Å²) in [6, 6.07) is 19.0. The van der Waals surface area contributed by atoms with Gasteiger partial charge in [-0.3, -0.25) is 20.4 Å². The molecule has 0 spiro atoms. The van der Waals surface area contributed by atoms with E-state index in [-0.39, 0.29) is 6.61 Å². The molecule has 7 heteroatoms. The molecule has 0 bridgehead atoms. The van der Waals surface area contributed by atoms with Crippen molar-refractivity contribution < 1.29 is 14.3 Å². The molecule has 3 rings (SSSR count). The number of rotatable bonds is 4. The van der Waals surface area contributed by atoms with Crippen LogP contribution in [0.1, 0.15) is 17.5 Å². The second-order valence-electron chi connectivity index (χ2n) is 6.28. The fraction of sp³-hybridized carbons (Fsp3) is 0.143. The predicted molar refractivity (Wildman–Crippen MR) is 107 cm³/mol. The lowest BCUT2D eigenvalue weighted by Crippen LogP contribution is -2.63. The smallest absolute Gasteiger partial charge is 0.280 e. The maximum absolute atomic E-state index is 12.7. The van der Waals surface area contributed by atoms with Crippen LogP contribution in [0.5, 0.6) is 0 Å². The van der Waals surface area contributed by atoms with Crippen molar-refractivity contribution in [1.29, 1.82) is 0 Å². The summed E-state index contributed by atoms with van der Waals surface area (Å²) in [5.41, 5.74) is 5.02. The maximum Gasteiger partial charge on any atom is 0.280 e. The molecule has 2 amide bonds. The first-order valence-corrected chi connectivity index (χ1v) is 8.81. The third kappa shape index (κ3) is 3.72. The quantitative estimate of drug-likeness (QED) is 0.277. The van der Waals surface area contributed by atoms with E-state index < -0.39 is 17.4 Å². The van der Waals surface area contributed by atoms with Crippen LogP contribution in [-0.2, 0) is 14.3 Å². The van der Waals surface area contributed by atoms with E-state index in [4.69, 9.17) is 16.4 Å². The Hall–Kier alpha value is -3.26. The van der Waals surface area contributed by atoms with Gasteiger partial charge in [0, 0.05) is 5.57 Å². The molecule has 0 atom stereocenters. The molecule has 2 aromatic rings. The van der Waals surface area contributed by atoms with E-state index in [1.807, 2.05) is 77.6 Å². The minimum Gasteiger partial charge on any atom is -0.352 e. The molecule has 28 heavy (non-hydrogen) atoms. The van der Waals surface area contributed by atoms with Crippen molar-refractivity contribution in [3.05, 3.63) is 82.9 Å². The van der Waals surface area contributed by atoms with Crippen molar-refractivity contribution in [1.82, 2.24) is 10.9 Å². The van der Waals surface area contributed by atoms with E-state index in [0.29, 0.717) is 12.0 Å². The van der Waals surface area contributed by atoms with Crippen LogP contribution in [-0.4, -0.2) is 24.0 Å². The van der Waals surface area contributed by atoms with Crippen molar-refractivity contribution in [3.63, 3.8) is 0 Å². The number of carbonyl (C=O) groups excluding carboxylic acids is 2. The summed E-state index contributed by atoms with van der Waals surface area (Å²) < 4.78 is 5.73. The molecule has 0 saturated carbocycles. The highest BCUT2D eigenvalue weighted by atomic mass is 16.5. The van der Waals surface area contributed by atoms with Crippen LogP contribution >= 0.6 is 0 Å². The van der Waals surface area contributed by atoms with E-state index in [1.165, 1.54) is 0 Å². The third-order valence-electron chi connectivity index (χ3n) is 4.57. The van der Waals surface area contributed by atoms with E-state index in [1.54, 1.807) is 6.08 Å². The first-order chi connectivity index (χ1) is 13.6. The van der Waals surface area contributed by atoms with Gasteiger partial charge in [-0.25, -0.2) is 11.7 Å². The Morgan fingerprint density at radius 2 is 1.36 bits per heavy atom. The summed E-state index contributed by atoms with van der Waals surface area (Å²) in [5.74, 6) is 9.18. The zero-order valence-corrected chi connectivity index (χ0v) is 15.2. The molecule has 0 aromatic heterocycles. The molecular formula is C21H22N4O3. The van der Waals surface area contributed by atoms with Crippen LogP contribution in [0.2, 0.25) is 0 Å². The van der Waals surface area contributed by atoms with Crippen molar-refractivity contribution in [2.75, 3.05) is 6.61 Å². The van der Waals surface area contributed by atoms with Crippen LogP contribution in [0.3, 0.4) is 0 Å². The number of amides is 2. The van der Waals surface area contributed by atoms with Gasteiger partial charge in [-0.05, 0) is 29.2 Å². The number of hydrogen-bond acceptors (Lipinski definition) is 5. The monoisotopic (exact) mass is 378 g/mol. The SMILES string of the molecule is NNC(=O)C1(C(=O)NN)OCCC(=Cc2ccccc2)C1=Cc1ccccc1. The third-order valence-corrected chi connectivity index (χ3v) is 4.57. The van der Waals surface area contributed by atoms with Gasteiger partial charge >= 0.3 is 0 Å². The summed E-state index contributed by atoms with van der Waals surface area (Å²) in [7, 11) is 0. The van der Waals surface area contributed by atoms with Crippen molar-refractivity contribution in [3.8, 4) is 0 Å².